The van der Waals surface area contributed by atoms with Gasteiger partial charge in [-0.2, -0.15) is 0 Å². The smallest absolute Gasteiger partial charge is 0.305 e. The molecule has 0 aliphatic rings. The highest BCUT2D eigenvalue weighted by molar-refractivity contribution is 5.66. The molecule has 0 amide bonds. The third kappa shape index (κ3) is 9.06. The zero-order valence-electron chi connectivity index (χ0n) is 6.69. The molecule has 70 valence electrons. The van der Waals surface area contributed by atoms with Gasteiger partial charge < -0.3 is 19.4 Å². The first kappa shape index (κ1) is 11.1. The van der Waals surface area contributed by atoms with Crippen LogP contribution in [-0.4, -0.2) is 43.8 Å². The third-order valence-corrected chi connectivity index (χ3v) is 1.02. The minimum Gasteiger partial charge on any atom is -0.481 e. The molecule has 0 unspecified atom stereocenters. The van der Waals surface area contributed by atoms with Crippen molar-refractivity contribution < 1.29 is 24.2 Å². The van der Waals surface area contributed by atoms with Gasteiger partial charge in [-0.15, -0.1) is 0 Å². The van der Waals surface area contributed by atoms with Crippen molar-refractivity contribution in [3.05, 3.63) is 0 Å². The Morgan fingerprint density at radius 3 is 2.50 bits per heavy atom. The molecule has 0 fully saturated rings. The fourth-order valence-corrected chi connectivity index (χ4v) is 0.511. The zero-order chi connectivity index (χ0) is 9.23. The molecule has 0 heterocycles. The summed E-state index contributed by atoms with van der Waals surface area (Å²) in [7, 11) is 0. The van der Waals surface area contributed by atoms with E-state index in [2.05, 4.69) is 0 Å². The van der Waals surface area contributed by atoms with Crippen molar-refractivity contribution in [1.29, 1.82) is 0 Å². The Morgan fingerprint density at radius 1 is 1.25 bits per heavy atom. The lowest BCUT2D eigenvalue weighted by Crippen LogP contribution is -2.08. The number of rotatable bonds is 8. The molecule has 12 heavy (non-hydrogen) atoms. The molecular weight excluding hydrogens is 164 g/mol. The number of carboxylic acids is 1. The van der Waals surface area contributed by atoms with Crippen LogP contribution in [0.25, 0.3) is 0 Å². The van der Waals surface area contributed by atoms with E-state index in [1.165, 1.54) is 0 Å². The average Bonchev–Trinajstić information content (AvgIpc) is 2.02. The summed E-state index contributed by atoms with van der Waals surface area (Å²) in [6, 6.07) is 0. The van der Waals surface area contributed by atoms with Crippen LogP contribution in [0.5, 0.6) is 0 Å². The summed E-state index contributed by atoms with van der Waals surface area (Å²) in [6.45, 7) is 0.877. The Labute approximate surface area is 70.3 Å². The van der Waals surface area contributed by atoms with Crippen LogP contribution in [-0.2, 0) is 19.1 Å². The van der Waals surface area contributed by atoms with Gasteiger partial charge in [-0.25, -0.2) is 0 Å². The van der Waals surface area contributed by atoms with Gasteiger partial charge in [-0.05, 0) is 0 Å². The standard InChI is InChI=1S/C7H12O5/c8-2-4-12-6-5-11-3-1-7(9)10/h2H,1,3-6H2,(H,9,10). The van der Waals surface area contributed by atoms with E-state index < -0.39 is 5.97 Å². The van der Waals surface area contributed by atoms with Crippen LogP contribution in [0.15, 0.2) is 0 Å². The van der Waals surface area contributed by atoms with Gasteiger partial charge >= 0.3 is 5.97 Å². The van der Waals surface area contributed by atoms with Crippen LogP contribution in [0.2, 0.25) is 0 Å². The lowest BCUT2D eigenvalue weighted by molar-refractivity contribution is -0.138. The number of hydrogen-bond donors (Lipinski definition) is 1. The number of carbonyl (C=O) groups is 2. The maximum atomic E-state index is 9.98. The molecular formula is C7H12O5. The van der Waals surface area contributed by atoms with Gasteiger partial charge in [0.2, 0.25) is 0 Å². The lowest BCUT2D eigenvalue weighted by Gasteiger charge is -2.01. The van der Waals surface area contributed by atoms with Gasteiger partial charge in [0.15, 0.2) is 0 Å². The van der Waals surface area contributed by atoms with Crippen molar-refractivity contribution >= 4 is 12.3 Å². The molecule has 0 saturated heterocycles. The van der Waals surface area contributed by atoms with Crippen molar-refractivity contribution in [2.45, 2.75) is 6.42 Å². The van der Waals surface area contributed by atoms with Crippen LogP contribution in [0.4, 0.5) is 0 Å². The van der Waals surface area contributed by atoms with E-state index in [4.69, 9.17) is 14.6 Å². The van der Waals surface area contributed by atoms with Crippen LogP contribution in [0, 0.1) is 0 Å². The number of ether oxygens (including phenoxy) is 2. The molecule has 0 rings (SSSR count). The first-order valence-electron chi connectivity index (χ1n) is 3.58. The Balaban J connectivity index is 2.90. The molecule has 0 spiro atoms. The molecule has 0 saturated carbocycles. The Kier molecular flexibility index (Phi) is 7.52. The molecule has 0 radical (unpaired) electrons. The van der Waals surface area contributed by atoms with Crippen molar-refractivity contribution in [2.24, 2.45) is 0 Å². The van der Waals surface area contributed by atoms with Gasteiger partial charge in [-0.1, -0.05) is 0 Å². The minimum atomic E-state index is -0.885. The quantitative estimate of drug-likeness (QED) is 0.406. The second kappa shape index (κ2) is 8.16. The topological polar surface area (TPSA) is 72.8 Å². The van der Waals surface area contributed by atoms with Gasteiger partial charge in [-0.3, -0.25) is 4.79 Å². The van der Waals surface area contributed by atoms with E-state index in [-0.39, 0.29) is 19.6 Å². The van der Waals surface area contributed by atoms with Crippen LogP contribution in [0.3, 0.4) is 0 Å². The maximum absolute atomic E-state index is 9.98. The minimum absolute atomic E-state index is 0.00627. The van der Waals surface area contributed by atoms with Crippen molar-refractivity contribution in [1.82, 2.24) is 0 Å². The van der Waals surface area contributed by atoms with Crippen molar-refractivity contribution in [3.8, 4) is 0 Å². The largest absolute Gasteiger partial charge is 0.481 e. The first-order chi connectivity index (χ1) is 5.77. The normalized spacial score (nSPS) is 9.67. The summed E-state index contributed by atoms with van der Waals surface area (Å²) >= 11 is 0. The summed E-state index contributed by atoms with van der Waals surface area (Å²) in [5.74, 6) is -0.885. The van der Waals surface area contributed by atoms with Crippen LogP contribution < -0.4 is 0 Å². The summed E-state index contributed by atoms with van der Waals surface area (Å²) in [5, 5.41) is 8.20. The molecule has 0 aromatic heterocycles. The second-order valence-electron chi connectivity index (χ2n) is 2.00. The van der Waals surface area contributed by atoms with Gasteiger partial charge in [0.25, 0.3) is 0 Å². The number of hydrogen-bond acceptors (Lipinski definition) is 4. The molecule has 0 aliphatic heterocycles. The average molecular weight is 176 g/mol. The van der Waals surface area contributed by atoms with E-state index in [1.54, 1.807) is 0 Å². The summed E-state index contributed by atoms with van der Waals surface area (Å²) in [4.78, 5) is 19.7. The lowest BCUT2D eigenvalue weighted by atomic mass is 10.5. The predicted molar refractivity (Wildman–Crippen MR) is 40.0 cm³/mol. The van der Waals surface area contributed by atoms with Crippen LogP contribution >= 0.6 is 0 Å². The number of carboxylic acid groups (broad SMARTS) is 1. The number of aldehydes is 1. The Bertz CT molecular complexity index is 134. The molecule has 5 nitrogen and oxygen atoms in total. The van der Waals surface area contributed by atoms with Crippen LogP contribution in [0.1, 0.15) is 6.42 Å². The molecule has 0 bridgehead atoms. The van der Waals surface area contributed by atoms with Crippen molar-refractivity contribution in [2.75, 3.05) is 26.4 Å². The summed E-state index contributed by atoms with van der Waals surface area (Å²) in [5.41, 5.74) is 0. The zero-order valence-corrected chi connectivity index (χ0v) is 6.69. The van der Waals surface area contributed by atoms with E-state index in [0.29, 0.717) is 19.5 Å². The van der Waals surface area contributed by atoms with E-state index in [9.17, 15) is 9.59 Å². The first-order valence-corrected chi connectivity index (χ1v) is 3.58. The van der Waals surface area contributed by atoms with Gasteiger partial charge in [0, 0.05) is 0 Å². The number of carbonyl (C=O) groups excluding carboxylic acids is 1. The monoisotopic (exact) mass is 176 g/mol. The maximum Gasteiger partial charge on any atom is 0.305 e. The van der Waals surface area contributed by atoms with Gasteiger partial charge in [0.1, 0.15) is 12.9 Å². The molecule has 0 aromatic carbocycles. The van der Waals surface area contributed by atoms with E-state index in [0.717, 1.165) is 0 Å². The fourth-order valence-electron chi connectivity index (χ4n) is 0.511. The highest BCUT2D eigenvalue weighted by Gasteiger charge is 1.95. The Morgan fingerprint density at radius 2 is 1.92 bits per heavy atom. The third-order valence-electron chi connectivity index (χ3n) is 1.02. The highest BCUT2D eigenvalue weighted by Crippen LogP contribution is 1.82. The second-order valence-corrected chi connectivity index (χ2v) is 2.00. The van der Waals surface area contributed by atoms with E-state index >= 15 is 0 Å². The molecule has 5 heteroatoms. The van der Waals surface area contributed by atoms with E-state index in [1.807, 2.05) is 0 Å². The number of aliphatic carboxylic acids is 1. The molecule has 0 aromatic rings. The molecule has 1 N–H and O–H groups in total. The SMILES string of the molecule is O=CCOCCOCCC(=O)O. The van der Waals surface area contributed by atoms with Gasteiger partial charge in [0.05, 0.1) is 26.2 Å². The predicted octanol–water partition coefficient (Wildman–Crippen LogP) is -0.307. The summed E-state index contributed by atoms with van der Waals surface area (Å²) < 4.78 is 9.62. The fraction of sp³-hybridized carbons (Fsp3) is 0.714. The summed E-state index contributed by atoms with van der Waals surface area (Å²) in [6.07, 6.45) is 0.644. The molecule has 0 aliphatic carbocycles. The van der Waals surface area contributed by atoms with Crippen molar-refractivity contribution in [3.63, 3.8) is 0 Å². The Hall–Kier alpha value is -0.940. The highest BCUT2D eigenvalue weighted by atomic mass is 16.5. The molecule has 0 atom stereocenters.